The highest BCUT2D eigenvalue weighted by atomic mass is 127. The number of rotatable bonds is 3. The first-order valence-electron chi connectivity index (χ1n) is 7.57. The van der Waals surface area contributed by atoms with Crippen molar-refractivity contribution >= 4 is 28.5 Å². The van der Waals surface area contributed by atoms with Crippen LogP contribution < -0.4 is 0 Å². The molecule has 1 aliphatic rings. The lowest BCUT2D eigenvalue weighted by Crippen LogP contribution is -2.49. The van der Waals surface area contributed by atoms with Gasteiger partial charge in [0.2, 0.25) is 0 Å². The molecule has 0 N–H and O–H groups in total. The molecule has 0 unspecified atom stereocenters. The zero-order valence-corrected chi connectivity index (χ0v) is 14.9. The van der Waals surface area contributed by atoms with Gasteiger partial charge >= 0.3 is 0 Å². The number of carbonyl (C=O) groups is 1. The highest BCUT2D eigenvalue weighted by Gasteiger charge is 2.23. The third kappa shape index (κ3) is 3.59. The van der Waals surface area contributed by atoms with Crippen LogP contribution in [0.2, 0.25) is 0 Å². The predicted octanol–water partition coefficient (Wildman–Crippen LogP) is 2.47. The first-order valence-corrected chi connectivity index (χ1v) is 8.65. The van der Waals surface area contributed by atoms with E-state index >= 15 is 0 Å². The number of amides is 1. The zero-order chi connectivity index (χ0) is 16.2. The Morgan fingerprint density at radius 3 is 2.65 bits per heavy atom. The Hall–Kier alpha value is -1.78. The van der Waals surface area contributed by atoms with Crippen molar-refractivity contribution in [1.82, 2.24) is 14.4 Å². The lowest BCUT2D eigenvalue weighted by molar-refractivity contribution is 0.0644. The van der Waals surface area contributed by atoms with E-state index in [1.807, 2.05) is 46.0 Å². The van der Waals surface area contributed by atoms with E-state index in [0.717, 1.165) is 35.4 Å². The molecule has 0 saturated carbocycles. The van der Waals surface area contributed by atoms with Crippen LogP contribution in [-0.2, 0) is 0 Å². The molecule has 2 aromatic rings. The molecule has 0 aliphatic carbocycles. The maximum Gasteiger partial charge on any atom is 0.270 e. The SMILES string of the molecule is C#CCN1CCN(C(=O)c2cccn2-c2cccc(I)c2)CC1. The smallest absolute Gasteiger partial charge is 0.270 e. The van der Waals surface area contributed by atoms with Gasteiger partial charge in [-0.2, -0.15) is 0 Å². The zero-order valence-electron chi connectivity index (χ0n) is 12.8. The molecule has 3 rings (SSSR count). The number of hydrogen-bond acceptors (Lipinski definition) is 2. The van der Waals surface area contributed by atoms with Crippen molar-refractivity contribution < 1.29 is 4.79 Å². The summed E-state index contributed by atoms with van der Waals surface area (Å²) >= 11 is 2.28. The summed E-state index contributed by atoms with van der Waals surface area (Å²) in [7, 11) is 0. The van der Waals surface area contributed by atoms with E-state index in [0.29, 0.717) is 12.2 Å². The molecule has 23 heavy (non-hydrogen) atoms. The number of aromatic nitrogens is 1. The van der Waals surface area contributed by atoms with Gasteiger partial charge in [-0.3, -0.25) is 9.69 Å². The standard InChI is InChI=1S/C18H18IN3O/c1-2-8-20-10-12-21(13-11-20)18(23)17-7-4-9-22(17)16-6-3-5-15(19)14-16/h1,3-7,9,14H,8,10-13H2. The molecule has 1 amide bonds. The normalized spacial score (nSPS) is 15.4. The van der Waals surface area contributed by atoms with Crippen LogP contribution >= 0.6 is 22.6 Å². The van der Waals surface area contributed by atoms with Gasteiger partial charge in [0.05, 0.1) is 6.54 Å². The summed E-state index contributed by atoms with van der Waals surface area (Å²) in [6.45, 7) is 3.76. The van der Waals surface area contributed by atoms with Gasteiger partial charge in [-0.25, -0.2) is 0 Å². The van der Waals surface area contributed by atoms with Crippen LogP contribution in [0.15, 0.2) is 42.6 Å². The number of terminal acetylenes is 1. The molecule has 1 aliphatic heterocycles. The molecule has 1 aromatic heterocycles. The van der Waals surface area contributed by atoms with Crippen LogP contribution in [0.1, 0.15) is 10.5 Å². The van der Waals surface area contributed by atoms with E-state index in [1.165, 1.54) is 0 Å². The fraction of sp³-hybridized carbons (Fsp3) is 0.278. The molecule has 118 valence electrons. The van der Waals surface area contributed by atoms with Crippen LogP contribution in [0.5, 0.6) is 0 Å². The van der Waals surface area contributed by atoms with Crippen LogP contribution in [0.4, 0.5) is 0 Å². The average Bonchev–Trinajstić information content (AvgIpc) is 3.05. The Morgan fingerprint density at radius 1 is 1.17 bits per heavy atom. The molecular weight excluding hydrogens is 401 g/mol. The Morgan fingerprint density at radius 2 is 1.96 bits per heavy atom. The number of piperazine rings is 1. The predicted molar refractivity (Wildman–Crippen MR) is 99.7 cm³/mol. The maximum atomic E-state index is 12.8. The monoisotopic (exact) mass is 419 g/mol. The van der Waals surface area contributed by atoms with Crippen molar-refractivity contribution in [3.63, 3.8) is 0 Å². The molecule has 0 spiro atoms. The summed E-state index contributed by atoms with van der Waals surface area (Å²) in [4.78, 5) is 17.0. The first-order chi connectivity index (χ1) is 11.2. The number of carbonyl (C=O) groups excluding carboxylic acids is 1. The molecule has 0 bridgehead atoms. The second kappa shape index (κ2) is 7.20. The van der Waals surface area contributed by atoms with E-state index < -0.39 is 0 Å². The quantitative estimate of drug-likeness (QED) is 0.565. The van der Waals surface area contributed by atoms with E-state index in [2.05, 4.69) is 39.5 Å². The Kier molecular flexibility index (Phi) is 5.03. The van der Waals surface area contributed by atoms with Crippen molar-refractivity contribution in [2.45, 2.75) is 0 Å². The highest BCUT2D eigenvalue weighted by Crippen LogP contribution is 2.17. The van der Waals surface area contributed by atoms with Crippen molar-refractivity contribution in [2.24, 2.45) is 0 Å². The van der Waals surface area contributed by atoms with Crippen molar-refractivity contribution in [1.29, 1.82) is 0 Å². The van der Waals surface area contributed by atoms with Crippen molar-refractivity contribution in [2.75, 3.05) is 32.7 Å². The number of halogens is 1. The molecular formula is C18H18IN3O. The second-order valence-electron chi connectivity index (χ2n) is 5.52. The molecule has 2 heterocycles. The molecule has 1 fully saturated rings. The number of nitrogens with zero attached hydrogens (tertiary/aromatic N) is 3. The third-order valence-corrected chi connectivity index (χ3v) is 4.70. The van der Waals surface area contributed by atoms with Gasteiger partial charge in [0.15, 0.2) is 0 Å². The minimum absolute atomic E-state index is 0.0780. The first kappa shape index (κ1) is 16.1. The summed E-state index contributed by atoms with van der Waals surface area (Å²) in [6, 6.07) is 11.9. The summed E-state index contributed by atoms with van der Waals surface area (Å²) in [5, 5.41) is 0. The topological polar surface area (TPSA) is 28.5 Å². The summed E-state index contributed by atoms with van der Waals surface area (Å²) in [6.07, 6.45) is 7.29. The maximum absolute atomic E-state index is 12.8. The Balaban J connectivity index is 1.77. The van der Waals surface area contributed by atoms with E-state index in [4.69, 9.17) is 6.42 Å². The molecule has 1 aromatic carbocycles. The van der Waals surface area contributed by atoms with Crippen LogP contribution in [0.3, 0.4) is 0 Å². The van der Waals surface area contributed by atoms with Crippen molar-refractivity contribution in [3.05, 3.63) is 51.9 Å². The lowest BCUT2D eigenvalue weighted by atomic mass is 10.2. The van der Waals surface area contributed by atoms with Gasteiger partial charge in [-0.05, 0) is 52.9 Å². The Labute approximate surface area is 150 Å². The van der Waals surface area contributed by atoms with Crippen LogP contribution in [0.25, 0.3) is 5.69 Å². The van der Waals surface area contributed by atoms with Gasteiger partial charge in [0, 0.05) is 41.6 Å². The van der Waals surface area contributed by atoms with E-state index in [1.54, 1.807) is 0 Å². The Bertz CT molecular complexity index is 739. The van der Waals surface area contributed by atoms with Gasteiger partial charge < -0.3 is 9.47 Å². The number of benzene rings is 1. The summed E-state index contributed by atoms with van der Waals surface area (Å²) < 4.78 is 3.10. The fourth-order valence-electron chi connectivity index (χ4n) is 2.81. The minimum atomic E-state index is 0.0780. The number of hydrogen-bond donors (Lipinski definition) is 0. The molecule has 5 heteroatoms. The molecule has 1 saturated heterocycles. The second-order valence-corrected chi connectivity index (χ2v) is 6.76. The lowest BCUT2D eigenvalue weighted by Gasteiger charge is -2.33. The largest absolute Gasteiger partial charge is 0.335 e. The third-order valence-electron chi connectivity index (χ3n) is 4.03. The van der Waals surface area contributed by atoms with Crippen molar-refractivity contribution in [3.8, 4) is 18.0 Å². The molecule has 0 atom stereocenters. The van der Waals surface area contributed by atoms with Gasteiger partial charge in [-0.1, -0.05) is 12.0 Å². The highest BCUT2D eigenvalue weighted by molar-refractivity contribution is 14.1. The summed E-state index contributed by atoms with van der Waals surface area (Å²) in [5.74, 6) is 2.74. The molecule has 4 nitrogen and oxygen atoms in total. The van der Waals surface area contributed by atoms with Gasteiger partial charge in [0.25, 0.3) is 5.91 Å². The van der Waals surface area contributed by atoms with E-state index in [9.17, 15) is 4.79 Å². The van der Waals surface area contributed by atoms with Crippen LogP contribution in [-0.4, -0.2) is 53.0 Å². The van der Waals surface area contributed by atoms with Gasteiger partial charge in [0.1, 0.15) is 5.69 Å². The van der Waals surface area contributed by atoms with Crippen LogP contribution in [0, 0.1) is 15.9 Å². The minimum Gasteiger partial charge on any atom is -0.335 e. The van der Waals surface area contributed by atoms with Gasteiger partial charge in [-0.15, -0.1) is 6.42 Å². The average molecular weight is 419 g/mol. The summed E-state index contributed by atoms with van der Waals surface area (Å²) in [5.41, 5.74) is 1.72. The van der Waals surface area contributed by atoms with E-state index in [-0.39, 0.29) is 5.91 Å². The molecule has 0 radical (unpaired) electrons. The fourth-order valence-corrected chi connectivity index (χ4v) is 3.33.